The molecule has 0 aliphatic carbocycles. The van der Waals surface area contributed by atoms with Gasteiger partial charge in [0, 0.05) is 36.8 Å². The van der Waals surface area contributed by atoms with E-state index in [0.29, 0.717) is 35.1 Å². The third kappa shape index (κ3) is 5.59. The third-order valence-corrected chi connectivity index (χ3v) is 6.20. The van der Waals surface area contributed by atoms with Crippen molar-refractivity contribution in [1.29, 1.82) is 0 Å². The minimum Gasteiger partial charge on any atom is -0.370 e. The molecule has 5 rings (SSSR count). The van der Waals surface area contributed by atoms with E-state index in [1.54, 1.807) is 19.1 Å². The van der Waals surface area contributed by atoms with Crippen LogP contribution in [0.15, 0.2) is 54.9 Å². The highest BCUT2D eigenvalue weighted by molar-refractivity contribution is 5.60. The topological polar surface area (TPSA) is 83.8 Å². The molecule has 1 aliphatic heterocycles. The molecule has 38 heavy (non-hydrogen) atoms. The van der Waals surface area contributed by atoms with Gasteiger partial charge in [0.1, 0.15) is 23.7 Å². The van der Waals surface area contributed by atoms with Gasteiger partial charge in [0.15, 0.2) is 5.82 Å². The number of halogens is 4. The van der Waals surface area contributed by atoms with Crippen LogP contribution in [0.4, 0.5) is 35.0 Å². The van der Waals surface area contributed by atoms with E-state index in [-0.39, 0.29) is 24.7 Å². The molecule has 12 heteroatoms. The summed E-state index contributed by atoms with van der Waals surface area (Å²) in [6, 6.07) is 13.9. The Hall–Kier alpha value is -4.06. The number of aryl methyl sites for hydroxylation is 1. The molecule has 2 aromatic carbocycles. The van der Waals surface area contributed by atoms with Gasteiger partial charge in [-0.1, -0.05) is 30.3 Å². The molecule has 4 aromatic rings. The van der Waals surface area contributed by atoms with Gasteiger partial charge in [0.2, 0.25) is 5.95 Å². The van der Waals surface area contributed by atoms with Crippen LogP contribution in [0, 0.1) is 12.7 Å². The molecular weight excluding hydrogens is 500 g/mol. The maximum atomic E-state index is 14.9. The normalized spacial score (nSPS) is 15.8. The second kappa shape index (κ2) is 10.4. The average Bonchev–Trinajstić information content (AvgIpc) is 3.29. The van der Waals surface area contributed by atoms with Crippen LogP contribution < -0.4 is 10.6 Å². The van der Waals surface area contributed by atoms with Gasteiger partial charge in [0.05, 0.1) is 12.2 Å². The van der Waals surface area contributed by atoms with Crippen molar-refractivity contribution in [1.82, 2.24) is 29.6 Å². The van der Waals surface area contributed by atoms with Crippen molar-refractivity contribution < 1.29 is 17.6 Å². The summed E-state index contributed by atoms with van der Waals surface area (Å²) in [6.07, 6.45) is -2.90. The molecular formula is C26H26F4N8. The molecule has 3 heterocycles. The first kappa shape index (κ1) is 25.6. The molecule has 198 valence electrons. The number of fused-ring (bicyclic) bond motifs is 1. The summed E-state index contributed by atoms with van der Waals surface area (Å²) in [6.45, 7) is 3.29. The zero-order valence-electron chi connectivity index (χ0n) is 20.8. The predicted molar refractivity (Wildman–Crippen MR) is 135 cm³/mol. The summed E-state index contributed by atoms with van der Waals surface area (Å²) < 4.78 is 56.3. The van der Waals surface area contributed by atoms with E-state index in [9.17, 15) is 17.6 Å². The number of hydrogen-bond donors (Lipinski definition) is 2. The Bertz CT molecular complexity index is 1420. The Kier molecular flexibility index (Phi) is 6.98. The Morgan fingerprint density at radius 3 is 2.53 bits per heavy atom. The van der Waals surface area contributed by atoms with Gasteiger partial charge in [-0.3, -0.25) is 4.90 Å². The first-order valence-corrected chi connectivity index (χ1v) is 12.1. The van der Waals surface area contributed by atoms with Crippen molar-refractivity contribution in [2.75, 3.05) is 30.3 Å². The van der Waals surface area contributed by atoms with E-state index in [4.69, 9.17) is 4.98 Å². The lowest BCUT2D eigenvalue weighted by atomic mass is 9.88. The third-order valence-electron chi connectivity index (χ3n) is 6.20. The van der Waals surface area contributed by atoms with Crippen LogP contribution in [-0.4, -0.2) is 55.4 Å². The van der Waals surface area contributed by atoms with E-state index < -0.39 is 24.5 Å². The van der Waals surface area contributed by atoms with Crippen LogP contribution in [0.2, 0.25) is 0 Å². The van der Waals surface area contributed by atoms with E-state index in [0.717, 1.165) is 5.56 Å². The second-order valence-corrected chi connectivity index (χ2v) is 9.07. The maximum Gasteiger partial charge on any atom is 0.401 e. The van der Waals surface area contributed by atoms with Crippen molar-refractivity contribution in [3.05, 3.63) is 83.3 Å². The molecule has 0 fully saturated rings. The number of alkyl halides is 3. The molecule has 0 radical (unpaired) electrons. The van der Waals surface area contributed by atoms with Crippen LogP contribution in [0.1, 0.15) is 35.5 Å². The van der Waals surface area contributed by atoms with Crippen molar-refractivity contribution in [3.63, 3.8) is 0 Å². The van der Waals surface area contributed by atoms with Crippen LogP contribution in [0.3, 0.4) is 0 Å². The highest BCUT2D eigenvalue weighted by Crippen LogP contribution is 2.37. The summed E-state index contributed by atoms with van der Waals surface area (Å²) in [5, 5.41) is 10.4. The maximum absolute atomic E-state index is 14.9. The van der Waals surface area contributed by atoms with Crippen molar-refractivity contribution in [3.8, 4) is 5.69 Å². The zero-order chi connectivity index (χ0) is 26.9. The summed E-state index contributed by atoms with van der Waals surface area (Å²) in [5.74, 6) is 0.260. The van der Waals surface area contributed by atoms with E-state index >= 15 is 0 Å². The van der Waals surface area contributed by atoms with Crippen molar-refractivity contribution >= 4 is 17.5 Å². The monoisotopic (exact) mass is 526 g/mol. The fraction of sp³-hybridized carbons (Fsp3) is 0.308. The summed E-state index contributed by atoms with van der Waals surface area (Å²) in [5.41, 5.74) is 2.76. The number of anilines is 3. The predicted octanol–water partition coefficient (Wildman–Crippen LogP) is 5.19. The van der Waals surface area contributed by atoms with Gasteiger partial charge < -0.3 is 10.6 Å². The molecule has 0 saturated heterocycles. The quantitative estimate of drug-likeness (QED) is 0.321. The second-order valence-electron chi connectivity index (χ2n) is 9.07. The molecule has 0 bridgehead atoms. The Labute approximate surface area is 216 Å². The Morgan fingerprint density at radius 2 is 1.87 bits per heavy atom. The van der Waals surface area contributed by atoms with E-state index in [1.165, 1.54) is 22.0 Å². The number of benzene rings is 2. The molecule has 1 atom stereocenters. The lowest BCUT2D eigenvalue weighted by Gasteiger charge is -2.35. The fourth-order valence-electron chi connectivity index (χ4n) is 4.63. The van der Waals surface area contributed by atoms with Crippen molar-refractivity contribution in [2.45, 2.75) is 32.5 Å². The van der Waals surface area contributed by atoms with Gasteiger partial charge in [-0.2, -0.15) is 23.3 Å². The lowest BCUT2D eigenvalue weighted by Crippen LogP contribution is -2.41. The lowest BCUT2D eigenvalue weighted by molar-refractivity contribution is -0.148. The van der Waals surface area contributed by atoms with Crippen LogP contribution in [-0.2, 0) is 6.54 Å². The van der Waals surface area contributed by atoms with Crippen LogP contribution in [0.25, 0.3) is 5.69 Å². The zero-order valence-corrected chi connectivity index (χ0v) is 20.8. The molecule has 0 amide bonds. The molecule has 8 nitrogen and oxygen atoms in total. The van der Waals surface area contributed by atoms with Gasteiger partial charge in [0.25, 0.3) is 0 Å². The molecule has 2 N–H and O–H groups in total. The van der Waals surface area contributed by atoms with Crippen molar-refractivity contribution in [2.24, 2.45) is 0 Å². The number of aromatic nitrogens is 5. The fourth-order valence-corrected chi connectivity index (χ4v) is 4.63. The number of nitrogens with zero attached hydrogens (tertiary/aromatic N) is 6. The summed E-state index contributed by atoms with van der Waals surface area (Å²) in [7, 11) is 0. The Morgan fingerprint density at radius 1 is 1.08 bits per heavy atom. The highest BCUT2D eigenvalue weighted by Gasteiger charge is 2.37. The summed E-state index contributed by atoms with van der Waals surface area (Å²) >= 11 is 0. The van der Waals surface area contributed by atoms with Crippen LogP contribution >= 0.6 is 0 Å². The number of hydrogen-bond acceptors (Lipinski definition) is 7. The number of nitrogens with one attached hydrogen (secondary N) is 2. The molecule has 0 spiro atoms. The molecule has 0 saturated carbocycles. The minimum absolute atomic E-state index is 0.0570. The number of rotatable bonds is 7. The smallest absolute Gasteiger partial charge is 0.370 e. The van der Waals surface area contributed by atoms with Gasteiger partial charge in [-0.25, -0.2) is 19.0 Å². The van der Waals surface area contributed by atoms with Crippen LogP contribution in [0.5, 0.6) is 0 Å². The summed E-state index contributed by atoms with van der Waals surface area (Å²) in [4.78, 5) is 14.7. The molecule has 1 unspecified atom stereocenters. The first-order valence-electron chi connectivity index (χ1n) is 12.1. The van der Waals surface area contributed by atoms with E-state index in [1.807, 2.05) is 37.3 Å². The van der Waals surface area contributed by atoms with Gasteiger partial charge in [-0.05, 0) is 37.6 Å². The highest BCUT2D eigenvalue weighted by atomic mass is 19.4. The van der Waals surface area contributed by atoms with Gasteiger partial charge >= 0.3 is 6.18 Å². The Balaban J connectivity index is 1.52. The SMILES string of the molecule is CCNc1nc(Nc2ccc(-n3cnc(C)n3)c(F)c2)nc2c1CN(CC(F)(F)F)CC2c1ccccc1. The first-order chi connectivity index (χ1) is 18.2. The molecule has 2 aromatic heterocycles. The minimum atomic E-state index is -4.33. The van der Waals surface area contributed by atoms with E-state index in [2.05, 4.69) is 25.7 Å². The molecule has 1 aliphatic rings. The largest absolute Gasteiger partial charge is 0.401 e. The van der Waals surface area contributed by atoms with Gasteiger partial charge in [-0.15, -0.1) is 0 Å². The average molecular weight is 527 g/mol. The standard InChI is InChI=1S/C26H26F4N8/c1-3-31-24-20-13-37(14-26(28,29)30)12-19(17-7-5-4-6-8-17)23(20)34-25(35-24)33-18-9-10-22(21(27)11-18)38-15-32-16(2)36-38/h4-11,15,19H,3,12-14H2,1-2H3,(H2,31,33,34,35).